The van der Waals surface area contributed by atoms with Gasteiger partial charge in [0.1, 0.15) is 5.00 Å². The summed E-state index contributed by atoms with van der Waals surface area (Å²) < 4.78 is 0. The van der Waals surface area contributed by atoms with Gasteiger partial charge in [0, 0.05) is 18.5 Å². The van der Waals surface area contributed by atoms with Gasteiger partial charge >= 0.3 is 0 Å². The predicted molar refractivity (Wildman–Crippen MR) is 90.3 cm³/mol. The van der Waals surface area contributed by atoms with Crippen LogP contribution in [-0.4, -0.2) is 18.1 Å². The predicted octanol–water partition coefficient (Wildman–Crippen LogP) is 4.62. The standard InChI is InChI=1S/C18H23N2S/c1-18(2,3)16-17(21-13-19-16)20-11-9-15(10-12-20)14-7-5-4-6-8-14/h4-8,15H,9-12H2,1-3H3. The van der Waals surface area contributed by atoms with Crippen LogP contribution in [0.4, 0.5) is 5.00 Å². The SMILES string of the molecule is CC(C)(C)c1n[c]sc1N1CCC(c2ccccc2)CC1. The lowest BCUT2D eigenvalue weighted by Crippen LogP contribution is -2.34. The number of benzene rings is 1. The summed E-state index contributed by atoms with van der Waals surface area (Å²) in [6, 6.07) is 10.9. The van der Waals surface area contributed by atoms with E-state index in [0.29, 0.717) is 5.92 Å². The van der Waals surface area contributed by atoms with Crippen molar-refractivity contribution in [1.29, 1.82) is 0 Å². The van der Waals surface area contributed by atoms with E-state index in [1.807, 2.05) is 0 Å². The van der Waals surface area contributed by atoms with E-state index >= 15 is 0 Å². The van der Waals surface area contributed by atoms with Crippen LogP contribution in [0.3, 0.4) is 0 Å². The van der Waals surface area contributed by atoms with Crippen LogP contribution in [0.2, 0.25) is 0 Å². The van der Waals surface area contributed by atoms with Gasteiger partial charge in [-0.05, 0) is 24.3 Å². The van der Waals surface area contributed by atoms with E-state index in [9.17, 15) is 0 Å². The van der Waals surface area contributed by atoms with E-state index in [1.54, 1.807) is 11.3 Å². The molecule has 0 bridgehead atoms. The molecule has 0 unspecified atom stereocenters. The van der Waals surface area contributed by atoms with Crippen molar-refractivity contribution in [2.45, 2.75) is 44.9 Å². The van der Waals surface area contributed by atoms with Crippen LogP contribution in [0.1, 0.15) is 50.8 Å². The number of anilines is 1. The summed E-state index contributed by atoms with van der Waals surface area (Å²) >= 11 is 1.67. The third-order valence-corrected chi connectivity index (χ3v) is 5.09. The number of rotatable bonds is 2. The van der Waals surface area contributed by atoms with Crippen molar-refractivity contribution < 1.29 is 0 Å². The van der Waals surface area contributed by atoms with Crippen molar-refractivity contribution in [2.24, 2.45) is 0 Å². The average Bonchev–Trinajstić information content (AvgIpc) is 2.98. The third kappa shape index (κ3) is 3.13. The second-order valence-electron chi connectivity index (χ2n) is 6.88. The van der Waals surface area contributed by atoms with Gasteiger partial charge in [0.05, 0.1) is 5.69 Å². The van der Waals surface area contributed by atoms with Gasteiger partial charge in [-0.3, -0.25) is 0 Å². The minimum Gasteiger partial charge on any atom is -0.362 e. The molecule has 3 heteroatoms. The smallest absolute Gasteiger partial charge is 0.154 e. The maximum atomic E-state index is 4.49. The molecule has 111 valence electrons. The molecule has 2 nitrogen and oxygen atoms in total. The van der Waals surface area contributed by atoms with Gasteiger partial charge in [0.15, 0.2) is 5.51 Å². The minimum absolute atomic E-state index is 0.0993. The molecule has 1 aliphatic heterocycles. The zero-order valence-electron chi connectivity index (χ0n) is 13.1. The van der Waals surface area contributed by atoms with Crippen LogP contribution in [0.15, 0.2) is 30.3 Å². The monoisotopic (exact) mass is 299 g/mol. The summed E-state index contributed by atoms with van der Waals surface area (Å²) in [6.07, 6.45) is 2.46. The number of aromatic nitrogens is 1. The Morgan fingerprint density at radius 1 is 1.14 bits per heavy atom. The Labute approximate surface area is 131 Å². The summed E-state index contributed by atoms with van der Waals surface area (Å²) in [7, 11) is 0. The first kappa shape index (κ1) is 14.6. The number of hydrogen-bond acceptors (Lipinski definition) is 3. The van der Waals surface area contributed by atoms with Crippen LogP contribution in [0.25, 0.3) is 0 Å². The molecule has 0 atom stereocenters. The van der Waals surface area contributed by atoms with Gasteiger partial charge in [-0.2, -0.15) is 0 Å². The second-order valence-corrected chi connectivity index (χ2v) is 7.65. The highest BCUT2D eigenvalue weighted by atomic mass is 32.1. The first-order valence-corrected chi connectivity index (χ1v) is 8.54. The number of nitrogens with zero attached hydrogens (tertiary/aromatic N) is 2. The Bertz CT molecular complexity index is 575. The molecule has 0 spiro atoms. The zero-order valence-corrected chi connectivity index (χ0v) is 13.9. The number of piperidine rings is 1. The Morgan fingerprint density at radius 3 is 2.43 bits per heavy atom. The Kier molecular flexibility index (Phi) is 4.03. The molecule has 1 aromatic heterocycles. The highest BCUT2D eigenvalue weighted by molar-refractivity contribution is 7.13. The maximum absolute atomic E-state index is 4.49. The lowest BCUT2D eigenvalue weighted by Gasteiger charge is -2.34. The van der Waals surface area contributed by atoms with Crippen LogP contribution >= 0.6 is 11.3 Å². The largest absolute Gasteiger partial charge is 0.362 e. The van der Waals surface area contributed by atoms with Crippen molar-refractivity contribution in [3.63, 3.8) is 0 Å². The molecule has 1 aromatic carbocycles. The third-order valence-electron chi connectivity index (χ3n) is 4.27. The lowest BCUT2D eigenvalue weighted by atomic mass is 9.88. The fraction of sp³-hybridized carbons (Fsp3) is 0.500. The van der Waals surface area contributed by atoms with E-state index in [2.05, 4.69) is 66.5 Å². The molecule has 3 rings (SSSR count). The first-order chi connectivity index (χ1) is 10.1. The Hall–Kier alpha value is -1.35. The summed E-state index contributed by atoms with van der Waals surface area (Å²) in [4.78, 5) is 7.00. The molecule has 0 aliphatic carbocycles. The van der Waals surface area contributed by atoms with E-state index in [4.69, 9.17) is 0 Å². The van der Waals surface area contributed by atoms with Gasteiger partial charge in [0.25, 0.3) is 0 Å². The quantitative estimate of drug-likeness (QED) is 0.804. The summed E-state index contributed by atoms with van der Waals surface area (Å²) in [5.41, 5.74) is 5.88. The van der Waals surface area contributed by atoms with Crippen LogP contribution in [-0.2, 0) is 5.41 Å². The molecule has 0 amide bonds. The average molecular weight is 299 g/mol. The van der Waals surface area contributed by atoms with Crippen molar-refractivity contribution in [2.75, 3.05) is 18.0 Å². The number of hydrogen-bond donors (Lipinski definition) is 0. The zero-order chi connectivity index (χ0) is 14.9. The molecule has 1 saturated heterocycles. The van der Waals surface area contributed by atoms with E-state index < -0.39 is 0 Å². The highest BCUT2D eigenvalue weighted by Crippen LogP contribution is 2.37. The normalized spacial score (nSPS) is 17.2. The van der Waals surface area contributed by atoms with E-state index in [0.717, 1.165) is 13.1 Å². The lowest BCUT2D eigenvalue weighted by molar-refractivity contribution is 0.500. The highest BCUT2D eigenvalue weighted by Gasteiger charge is 2.27. The molecular formula is C18H23N2S. The molecule has 1 radical (unpaired) electrons. The van der Waals surface area contributed by atoms with Crippen molar-refractivity contribution in [3.8, 4) is 0 Å². The Balaban J connectivity index is 1.71. The van der Waals surface area contributed by atoms with Crippen LogP contribution in [0.5, 0.6) is 0 Å². The van der Waals surface area contributed by atoms with Crippen molar-refractivity contribution >= 4 is 16.3 Å². The molecule has 2 aromatic rings. The van der Waals surface area contributed by atoms with Crippen LogP contribution in [0, 0.1) is 5.51 Å². The fourth-order valence-electron chi connectivity index (χ4n) is 3.05. The summed E-state index contributed by atoms with van der Waals surface area (Å²) in [5, 5.41) is 1.33. The molecular weight excluding hydrogens is 276 g/mol. The Morgan fingerprint density at radius 2 is 1.81 bits per heavy atom. The van der Waals surface area contributed by atoms with Gasteiger partial charge in [-0.15, -0.1) is 0 Å². The van der Waals surface area contributed by atoms with Gasteiger partial charge in [0.2, 0.25) is 0 Å². The molecule has 2 heterocycles. The minimum atomic E-state index is 0.0993. The summed E-state index contributed by atoms with van der Waals surface area (Å²) in [6.45, 7) is 8.94. The molecule has 0 N–H and O–H groups in total. The van der Waals surface area contributed by atoms with E-state index in [1.165, 1.54) is 29.1 Å². The number of thiazole rings is 1. The topological polar surface area (TPSA) is 16.1 Å². The van der Waals surface area contributed by atoms with Gasteiger partial charge in [-0.1, -0.05) is 62.4 Å². The molecule has 21 heavy (non-hydrogen) atoms. The summed E-state index contributed by atoms with van der Waals surface area (Å²) in [5.74, 6) is 0.706. The van der Waals surface area contributed by atoms with Gasteiger partial charge in [-0.25, -0.2) is 4.98 Å². The second kappa shape index (κ2) is 5.80. The fourth-order valence-corrected chi connectivity index (χ4v) is 4.04. The first-order valence-electron chi connectivity index (χ1n) is 7.73. The van der Waals surface area contributed by atoms with E-state index in [-0.39, 0.29) is 5.41 Å². The molecule has 1 fully saturated rings. The molecule has 1 aliphatic rings. The van der Waals surface area contributed by atoms with Crippen molar-refractivity contribution in [1.82, 2.24) is 4.98 Å². The van der Waals surface area contributed by atoms with Gasteiger partial charge < -0.3 is 4.90 Å². The van der Waals surface area contributed by atoms with Crippen molar-refractivity contribution in [3.05, 3.63) is 47.1 Å². The maximum Gasteiger partial charge on any atom is 0.154 e. The molecule has 0 saturated carbocycles. The van der Waals surface area contributed by atoms with Crippen LogP contribution < -0.4 is 4.90 Å².